The molecule has 1 aromatic heterocycles. The summed E-state index contributed by atoms with van der Waals surface area (Å²) in [4.78, 5) is 8.12. The largest absolute Gasteiger partial charge is 0.342 e. The lowest BCUT2D eigenvalue weighted by Gasteiger charge is -2.17. The summed E-state index contributed by atoms with van der Waals surface area (Å²) in [5, 5.41) is 0. The number of nitrogens with zero attached hydrogens (tertiary/aromatic N) is 2. The van der Waals surface area contributed by atoms with Crippen molar-refractivity contribution in [2.45, 2.75) is 24.7 Å². The van der Waals surface area contributed by atoms with Gasteiger partial charge in [0.2, 0.25) is 10.0 Å². The molecule has 6 heteroatoms. The molecule has 0 spiro atoms. The van der Waals surface area contributed by atoms with Crippen molar-refractivity contribution in [3.05, 3.63) is 59.9 Å². The Morgan fingerprint density at radius 1 is 1.08 bits per heavy atom. The number of aromatic amines is 1. The molecule has 2 aromatic carbocycles. The third kappa shape index (κ3) is 3.49. The van der Waals surface area contributed by atoms with Gasteiger partial charge in [0.1, 0.15) is 5.82 Å². The molecule has 3 rings (SSSR count). The highest BCUT2D eigenvalue weighted by Crippen LogP contribution is 2.16. The summed E-state index contributed by atoms with van der Waals surface area (Å²) < 4.78 is 26.5. The average Bonchev–Trinajstić information content (AvgIpc) is 2.97. The quantitative estimate of drug-likeness (QED) is 0.748. The summed E-state index contributed by atoms with van der Waals surface area (Å²) in [6, 6.07) is 14.8. The fraction of sp³-hybridized carbons (Fsp3) is 0.278. The van der Waals surface area contributed by atoms with Gasteiger partial charge in [0.25, 0.3) is 0 Å². The van der Waals surface area contributed by atoms with E-state index in [9.17, 15) is 8.42 Å². The van der Waals surface area contributed by atoms with E-state index >= 15 is 0 Å². The van der Waals surface area contributed by atoms with Crippen LogP contribution in [0.1, 0.15) is 17.8 Å². The Morgan fingerprint density at radius 2 is 1.79 bits per heavy atom. The second-order valence-electron chi connectivity index (χ2n) is 5.94. The van der Waals surface area contributed by atoms with Gasteiger partial charge in [-0.15, -0.1) is 0 Å². The standard InChI is InChI=1S/C18H21N3O2S/c1-14-9-11-15(12-10-14)24(22,23)21(2)13-5-8-18-19-16-6-3-4-7-17(16)20-18/h3-4,6-7,9-12H,5,8,13H2,1-2H3,(H,19,20). The normalized spacial score (nSPS) is 12.1. The minimum absolute atomic E-state index is 0.333. The van der Waals surface area contributed by atoms with Gasteiger partial charge in [-0.1, -0.05) is 29.8 Å². The second-order valence-corrected chi connectivity index (χ2v) is 7.99. The van der Waals surface area contributed by atoms with Crippen molar-refractivity contribution in [1.29, 1.82) is 0 Å². The zero-order chi connectivity index (χ0) is 17.2. The molecule has 1 N–H and O–H groups in total. The lowest BCUT2D eigenvalue weighted by atomic mass is 10.2. The van der Waals surface area contributed by atoms with E-state index in [2.05, 4.69) is 9.97 Å². The zero-order valence-electron chi connectivity index (χ0n) is 13.9. The smallest absolute Gasteiger partial charge is 0.242 e. The molecule has 0 saturated carbocycles. The summed E-state index contributed by atoms with van der Waals surface area (Å²) in [5.41, 5.74) is 2.99. The van der Waals surface area contributed by atoms with Crippen molar-refractivity contribution in [3.63, 3.8) is 0 Å². The summed E-state index contributed by atoms with van der Waals surface area (Å²) >= 11 is 0. The number of fused-ring (bicyclic) bond motifs is 1. The average molecular weight is 343 g/mol. The van der Waals surface area contributed by atoms with Crippen molar-refractivity contribution in [2.24, 2.45) is 0 Å². The molecule has 0 radical (unpaired) electrons. The summed E-state index contributed by atoms with van der Waals surface area (Å²) in [6.07, 6.45) is 1.42. The van der Waals surface area contributed by atoms with Crippen molar-refractivity contribution in [1.82, 2.24) is 14.3 Å². The number of H-pyrrole nitrogens is 1. The molecule has 0 fully saturated rings. The van der Waals surface area contributed by atoms with Gasteiger partial charge in [0.15, 0.2) is 0 Å². The molecular formula is C18H21N3O2S. The Hall–Kier alpha value is -2.18. The molecule has 126 valence electrons. The van der Waals surface area contributed by atoms with Crippen LogP contribution >= 0.6 is 0 Å². The molecule has 1 heterocycles. The minimum atomic E-state index is -3.43. The van der Waals surface area contributed by atoms with Gasteiger partial charge in [-0.05, 0) is 37.6 Å². The Kier molecular flexibility index (Phi) is 4.69. The molecule has 3 aromatic rings. The Labute approximate surface area is 142 Å². The van der Waals surface area contributed by atoms with Crippen LogP contribution in [0.4, 0.5) is 0 Å². The number of para-hydroxylation sites is 2. The van der Waals surface area contributed by atoms with Gasteiger partial charge in [0.05, 0.1) is 15.9 Å². The maximum absolute atomic E-state index is 12.5. The first-order valence-corrected chi connectivity index (χ1v) is 9.37. The Bertz CT molecular complexity index is 897. The predicted octanol–water partition coefficient (Wildman–Crippen LogP) is 3.12. The van der Waals surface area contributed by atoms with Gasteiger partial charge in [0, 0.05) is 20.0 Å². The lowest BCUT2D eigenvalue weighted by molar-refractivity contribution is 0.460. The van der Waals surface area contributed by atoms with E-state index in [0.717, 1.165) is 22.4 Å². The summed E-state index contributed by atoms with van der Waals surface area (Å²) in [7, 11) is -1.81. The van der Waals surface area contributed by atoms with E-state index < -0.39 is 10.0 Å². The van der Waals surface area contributed by atoms with Crippen molar-refractivity contribution in [2.75, 3.05) is 13.6 Å². The van der Waals surface area contributed by atoms with Crippen LogP contribution in [0.2, 0.25) is 0 Å². The molecule has 0 atom stereocenters. The van der Waals surface area contributed by atoms with Crippen LogP contribution < -0.4 is 0 Å². The molecule has 0 aliphatic rings. The van der Waals surface area contributed by atoms with Crippen LogP contribution in [-0.4, -0.2) is 36.3 Å². The summed E-state index contributed by atoms with van der Waals surface area (Å²) in [5.74, 6) is 0.886. The molecule has 0 unspecified atom stereocenters. The Morgan fingerprint density at radius 3 is 2.50 bits per heavy atom. The fourth-order valence-electron chi connectivity index (χ4n) is 2.60. The molecule has 0 amide bonds. The number of sulfonamides is 1. The molecule has 24 heavy (non-hydrogen) atoms. The van der Waals surface area contributed by atoms with Crippen molar-refractivity contribution >= 4 is 21.1 Å². The predicted molar refractivity (Wildman–Crippen MR) is 95.4 cm³/mol. The van der Waals surface area contributed by atoms with Crippen LogP contribution in [-0.2, 0) is 16.4 Å². The molecule has 0 aliphatic heterocycles. The maximum Gasteiger partial charge on any atom is 0.242 e. The topological polar surface area (TPSA) is 66.1 Å². The Balaban J connectivity index is 1.62. The number of nitrogens with one attached hydrogen (secondary N) is 1. The molecule has 5 nitrogen and oxygen atoms in total. The van der Waals surface area contributed by atoms with Gasteiger partial charge in [-0.2, -0.15) is 0 Å². The monoisotopic (exact) mass is 343 g/mol. The van der Waals surface area contributed by atoms with E-state index in [1.807, 2.05) is 43.3 Å². The SMILES string of the molecule is Cc1ccc(S(=O)(=O)N(C)CCCc2nc3ccccc3[nH]2)cc1. The van der Waals surface area contributed by atoms with E-state index in [4.69, 9.17) is 0 Å². The van der Waals surface area contributed by atoms with Gasteiger partial charge < -0.3 is 4.98 Å². The first-order valence-electron chi connectivity index (χ1n) is 7.93. The zero-order valence-corrected chi connectivity index (χ0v) is 14.7. The minimum Gasteiger partial charge on any atom is -0.342 e. The number of imidazole rings is 1. The first-order chi connectivity index (χ1) is 11.5. The number of rotatable bonds is 6. The van der Waals surface area contributed by atoms with Crippen LogP contribution in [0.15, 0.2) is 53.4 Å². The number of hydrogen-bond donors (Lipinski definition) is 1. The fourth-order valence-corrected chi connectivity index (χ4v) is 3.81. The number of benzene rings is 2. The van der Waals surface area contributed by atoms with Gasteiger partial charge >= 0.3 is 0 Å². The lowest BCUT2D eigenvalue weighted by Crippen LogP contribution is -2.28. The highest BCUT2D eigenvalue weighted by molar-refractivity contribution is 7.89. The van der Waals surface area contributed by atoms with E-state index in [0.29, 0.717) is 24.3 Å². The van der Waals surface area contributed by atoms with Crippen molar-refractivity contribution < 1.29 is 8.42 Å². The molecule has 0 bridgehead atoms. The molecule has 0 aliphatic carbocycles. The maximum atomic E-state index is 12.5. The number of aryl methyl sites for hydroxylation is 2. The summed E-state index contributed by atoms with van der Waals surface area (Å²) in [6.45, 7) is 2.39. The van der Waals surface area contributed by atoms with Crippen LogP contribution in [0, 0.1) is 6.92 Å². The van der Waals surface area contributed by atoms with Gasteiger partial charge in [-0.3, -0.25) is 0 Å². The molecular weight excluding hydrogens is 322 g/mol. The van der Waals surface area contributed by atoms with Crippen LogP contribution in [0.5, 0.6) is 0 Å². The van der Waals surface area contributed by atoms with Crippen LogP contribution in [0.25, 0.3) is 11.0 Å². The highest BCUT2D eigenvalue weighted by Gasteiger charge is 2.20. The number of aromatic nitrogens is 2. The van der Waals surface area contributed by atoms with Gasteiger partial charge in [-0.25, -0.2) is 17.7 Å². The van der Waals surface area contributed by atoms with E-state index in [-0.39, 0.29) is 0 Å². The number of hydrogen-bond acceptors (Lipinski definition) is 3. The third-order valence-corrected chi connectivity index (χ3v) is 5.93. The van der Waals surface area contributed by atoms with Crippen molar-refractivity contribution in [3.8, 4) is 0 Å². The van der Waals surface area contributed by atoms with Crippen LogP contribution in [0.3, 0.4) is 0 Å². The molecule has 0 saturated heterocycles. The van der Waals surface area contributed by atoms with E-state index in [1.165, 1.54) is 4.31 Å². The highest BCUT2D eigenvalue weighted by atomic mass is 32.2. The second kappa shape index (κ2) is 6.75. The first kappa shape index (κ1) is 16.7. The van der Waals surface area contributed by atoms with E-state index in [1.54, 1.807) is 19.2 Å². The third-order valence-electron chi connectivity index (χ3n) is 4.05.